The van der Waals surface area contributed by atoms with Crippen molar-refractivity contribution in [2.45, 2.75) is 0 Å². The molecule has 1 amide bonds. The third-order valence-electron chi connectivity index (χ3n) is 2.21. The van der Waals surface area contributed by atoms with Crippen LogP contribution in [0.1, 0.15) is 0 Å². The van der Waals surface area contributed by atoms with Crippen LogP contribution in [0.25, 0.3) is 0 Å². The number of piperazine rings is 1. The lowest BCUT2D eigenvalue weighted by atomic mass is 10.2. The van der Waals surface area contributed by atoms with E-state index in [9.17, 15) is 4.79 Å². The van der Waals surface area contributed by atoms with Gasteiger partial charge in [-0.25, -0.2) is 0 Å². The van der Waals surface area contributed by atoms with E-state index >= 15 is 0 Å². The smallest absolute Gasteiger partial charge is 0.239 e. The normalized spacial score (nSPS) is 16.6. The summed E-state index contributed by atoms with van der Waals surface area (Å²) in [6, 6.07) is 8.00. The van der Waals surface area contributed by atoms with Crippen molar-refractivity contribution >= 4 is 27.5 Å². The van der Waals surface area contributed by atoms with Crippen molar-refractivity contribution in [3.05, 3.63) is 28.7 Å². The fourth-order valence-corrected chi connectivity index (χ4v) is 1.92. The number of nitrogens with zero attached hydrogens (tertiary/aromatic N) is 1. The molecule has 74 valence electrons. The summed E-state index contributed by atoms with van der Waals surface area (Å²) in [6.45, 7) is 2.06. The summed E-state index contributed by atoms with van der Waals surface area (Å²) in [4.78, 5) is 13.2. The number of hydrogen-bond donors (Lipinski definition) is 1. The molecule has 1 N–H and O–H groups in total. The zero-order valence-corrected chi connectivity index (χ0v) is 9.25. The van der Waals surface area contributed by atoms with E-state index in [4.69, 9.17) is 0 Å². The van der Waals surface area contributed by atoms with Crippen LogP contribution in [0.4, 0.5) is 5.69 Å². The molecular formula is C10H11BrN2O. The number of carbonyl (C=O) groups excluding carboxylic acids is 1. The number of halogens is 1. The summed E-state index contributed by atoms with van der Waals surface area (Å²) < 4.78 is 1.04. The first-order valence-electron chi connectivity index (χ1n) is 4.53. The van der Waals surface area contributed by atoms with E-state index in [0.717, 1.165) is 23.2 Å². The summed E-state index contributed by atoms with van der Waals surface area (Å²) in [5.74, 6) is 0.0937. The zero-order chi connectivity index (χ0) is 9.97. The number of benzene rings is 1. The van der Waals surface area contributed by atoms with Crippen LogP contribution in [0.15, 0.2) is 28.7 Å². The molecule has 1 aromatic carbocycles. The highest BCUT2D eigenvalue weighted by Crippen LogP contribution is 2.20. The molecule has 1 heterocycles. The second kappa shape index (κ2) is 4.00. The van der Waals surface area contributed by atoms with Crippen molar-refractivity contribution in [2.75, 3.05) is 24.5 Å². The van der Waals surface area contributed by atoms with Gasteiger partial charge in [-0.1, -0.05) is 22.0 Å². The predicted octanol–water partition coefficient (Wildman–Crippen LogP) is 1.39. The molecule has 0 spiro atoms. The van der Waals surface area contributed by atoms with E-state index in [0.29, 0.717) is 6.54 Å². The molecule has 4 heteroatoms. The van der Waals surface area contributed by atoms with Crippen LogP contribution in [0.5, 0.6) is 0 Å². The molecule has 0 atom stereocenters. The SMILES string of the molecule is O=C1CN(c2cccc(Br)c2)CCN1. The van der Waals surface area contributed by atoms with Gasteiger partial charge in [0.05, 0.1) is 6.54 Å². The fraction of sp³-hybridized carbons (Fsp3) is 0.300. The van der Waals surface area contributed by atoms with Gasteiger partial charge in [0.15, 0.2) is 0 Å². The van der Waals surface area contributed by atoms with Crippen molar-refractivity contribution in [3.63, 3.8) is 0 Å². The number of nitrogens with one attached hydrogen (secondary N) is 1. The molecule has 3 nitrogen and oxygen atoms in total. The Labute approximate surface area is 91.2 Å². The van der Waals surface area contributed by atoms with Crippen LogP contribution in [0.2, 0.25) is 0 Å². The minimum absolute atomic E-state index is 0.0937. The second-order valence-corrected chi connectivity index (χ2v) is 4.17. The third-order valence-corrected chi connectivity index (χ3v) is 2.70. The number of rotatable bonds is 1. The lowest BCUT2D eigenvalue weighted by Crippen LogP contribution is -2.47. The van der Waals surface area contributed by atoms with Crippen molar-refractivity contribution in [1.29, 1.82) is 0 Å². The summed E-state index contributed by atoms with van der Waals surface area (Å²) in [7, 11) is 0. The minimum Gasteiger partial charge on any atom is -0.360 e. The monoisotopic (exact) mass is 254 g/mol. The van der Waals surface area contributed by atoms with E-state index in [1.54, 1.807) is 0 Å². The molecule has 1 aliphatic heterocycles. The largest absolute Gasteiger partial charge is 0.360 e. The maximum Gasteiger partial charge on any atom is 0.239 e. The van der Waals surface area contributed by atoms with Crippen molar-refractivity contribution in [1.82, 2.24) is 5.32 Å². The van der Waals surface area contributed by atoms with Gasteiger partial charge in [0.1, 0.15) is 0 Å². The second-order valence-electron chi connectivity index (χ2n) is 3.25. The molecule has 1 aromatic rings. The van der Waals surface area contributed by atoms with E-state index < -0.39 is 0 Å². The molecule has 14 heavy (non-hydrogen) atoms. The molecule has 1 aliphatic rings. The summed E-state index contributed by atoms with van der Waals surface area (Å²) >= 11 is 3.42. The van der Waals surface area contributed by atoms with E-state index in [1.807, 2.05) is 24.3 Å². The van der Waals surface area contributed by atoms with Crippen molar-refractivity contribution in [2.24, 2.45) is 0 Å². The van der Waals surface area contributed by atoms with Crippen molar-refractivity contribution < 1.29 is 4.79 Å². The Morgan fingerprint density at radius 3 is 3.00 bits per heavy atom. The highest BCUT2D eigenvalue weighted by molar-refractivity contribution is 9.10. The summed E-state index contributed by atoms with van der Waals surface area (Å²) in [6.07, 6.45) is 0. The van der Waals surface area contributed by atoms with Crippen molar-refractivity contribution in [3.8, 4) is 0 Å². The van der Waals surface area contributed by atoms with Gasteiger partial charge in [-0.05, 0) is 18.2 Å². The standard InChI is InChI=1S/C10H11BrN2O/c11-8-2-1-3-9(6-8)13-5-4-12-10(14)7-13/h1-3,6H,4-5,7H2,(H,12,14). The Balaban J connectivity index is 2.17. The average molecular weight is 255 g/mol. The molecule has 0 bridgehead atoms. The molecular weight excluding hydrogens is 244 g/mol. The van der Waals surface area contributed by atoms with Gasteiger partial charge in [0, 0.05) is 23.2 Å². The zero-order valence-electron chi connectivity index (χ0n) is 7.66. The van der Waals surface area contributed by atoms with Gasteiger partial charge in [-0.3, -0.25) is 4.79 Å². The van der Waals surface area contributed by atoms with Crippen LogP contribution in [0.3, 0.4) is 0 Å². The number of hydrogen-bond acceptors (Lipinski definition) is 2. The first kappa shape index (κ1) is 9.52. The topological polar surface area (TPSA) is 32.3 Å². The Morgan fingerprint density at radius 1 is 1.43 bits per heavy atom. The van der Waals surface area contributed by atoms with Crippen LogP contribution in [-0.2, 0) is 4.79 Å². The van der Waals surface area contributed by atoms with Gasteiger partial charge in [0.25, 0.3) is 0 Å². The first-order valence-corrected chi connectivity index (χ1v) is 5.32. The van der Waals surface area contributed by atoms with Gasteiger partial charge in [-0.2, -0.15) is 0 Å². The Kier molecular flexibility index (Phi) is 2.72. The van der Waals surface area contributed by atoms with E-state index in [2.05, 4.69) is 26.1 Å². The van der Waals surface area contributed by atoms with Crippen LogP contribution < -0.4 is 10.2 Å². The van der Waals surface area contributed by atoms with Gasteiger partial charge in [0.2, 0.25) is 5.91 Å². The summed E-state index contributed by atoms with van der Waals surface area (Å²) in [5, 5.41) is 2.80. The molecule has 1 saturated heterocycles. The van der Waals surface area contributed by atoms with Gasteiger partial charge in [-0.15, -0.1) is 0 Å². The minimum atomic E-state index is 0.0937. The number of anilines is 1. The molecule has 0 aromatic heterocycles. The highest BCUT2D eigenvalue weighted by atomic mass is 79.9. The number of amides is 1. The highest BCUT2D eigenvalue weighted by Gasteiger charge is 2.15. The molecule has 0 unspecified atom stereocenters. The van der Waals surface area contributed by atoms with Gasteiger partial charge >= 0.3 is 0 Å². The van der Waals surface area contributed by atoms with Crippen LogP contribution in [-0.4, -0.2) is 25.5 Å². The lowest BCUT2D eigenvalue weighted by Gasteiger charge is -2.28. The molecule has 0 saturated carbocycles. The Morgan fingerprint density at radius 2 is 2.29 bits per heavy atom. The van der Waals surface area contributed by atoms with E-state index in [1.165, 1.54) is 0 Å². The first-order chi connectivity index (χ1) is 6.75. The Bertz CT molecular complexity index is 354. The quantitative estimate of drug-likeness (QED) is 0.822. The predicted molar refractivity (Wildman–Crippen MR) is 59.4 cm³/mol. The van der Waals surface area contributed by atoms with Crippen LogP contribution >= 0.6 is 15.9 Å². The lowest BCUT2D eigenvalue weighted by molar-refractivity contribution is -0.120. The van der Waals surface area contributed by atoms with Crippen LogP contribution in [0, 0.1) is 0 Å². The third kappa shape index (κ3) is 2.07. The molecule has 1 fully saturated rings. The average Bonchev–Trinajstić information content (AvgIpc) is 2.18. The van der Waals surface area contributed by atoms with Gasteiger partial charge < -0.3 is 10.2 Å². The molecule has 0 radical (unpaired) electrons. The maximum atomic E-state index is 11.2. The maximum absolute atomic E-state index is 11.2. The molecule has 0 aliphatic carbocycles. The molecule has 2 rings (SSSR count). The Hall–Kier alpha value is -1.03. The fourth-order valence-electron chi connectivity index (χ4n) is 1.53. The number of carbonyl (C=O) groups is 1. The van der Waals surface area contributed by atoms with E-state index in [-0.39, 0.29) is 5.91 Å². The summed E-state index contributed by atoms with van der Waals surface area (Å²) in [5.41, 5.74) is 1.09.